The summed E-state index contributed by atoms with van der Waals surface area (Å²) < 4.78 is 5.27. The number of amides is 1. The summed E-state index contributed by atoms with van der Waals surface area (Å²) in [6, 6.07) is 5.81. The summed E-state index contributed by atoms with van der Waals surface area (Å²) in [6.45, 7) is 0.791. The van der Waals surface area contributed by atoms with Crippen LogP contribution in [0, 0.1) is 5.41 Å². The Morgan fingerprint density at radius 2 is 2.05 bits per heavy atom. The Labute approximate surface area is 113 Å². The van der Waals surface area contributed by atoms with Crippen LogP contribution in [0.2, 0.25) is 0 Å². The third-order valence-electron chi connectivity index (χ3n) is 4.45. The lowest BCUT2D eigenvalue weighted by Gasteiger charge is -2.29. The Bertz CT molecular complexity index is 507. The first-order chi connectivity index (χ1) is 9.14. The third kappa shape index (κ3) is 1.95. The summed E-state index contributed by atoms with van der Waals surface area (Å²) in [7, 11) is 3.72. The molecule has 102 valence electrons. The molecule has 4 heteroatoms. The number of ether oxygens (including phenoxy) is 1. The zero-order valence-corrected chi connectivity index (χ0v) is 11.5. The van der Waals surface area contributed by atoms with Gasteiger partial charge in [-0.15, -0.1) is 0 Å². The highest BCUT2D eigenvalue weighted by molar-refractivity contribution is 6.00. The molecular weight excluding hydrogens is 240 g/mol. The van der Waals surface area contributed by atoms with E-state index in [2.05, 4.69) is 17.3 Å². The molecule has 3 rings (SSSR count). The average molecular weight is 260 g/mol. The van der Waals surface area contributed by atoms with Gasteiger partial charge in [0, 0.05) is 19.7 Å². The quantitative estimate of drug-likeness (QED) is 0.844. The van der Waals surface area contributed by atoms with Crippen LogP contribution < -0.4 is 15.0 Å². The van der Waals surface area contributed by atoms with Crippen molar-refractivity contribution in [3.8, 4) is 5.75 Å². The van der Waals surface area contributed by atoms with E-state index in [0.29, 0.717) is 0 Å². The number of carbonyl (C=O) groups is 1. The van der Waals surface area contributed by atoms with Crippen LogP contribution in [-0.4, -0.2) is 26.6 Å². The van der Waals surface area contributed by atoms with Gasteiger partial charge in [0.25, 0.3) is 0 Å². The van der Waals surface area contributed by atoms with E-state index in [4.69, 9.17) is 4.74 Å². The summed E-state index contributed by atoms with van der Waals surface area (Å²) in [6.07, 6.45) is 4.30. The molecule has 1 amide bonds. The number of carbonyl (C=O) groups excluding carboxylic acids is 1. The number of nitrogens with zero attached hydrogens (tertiary/aromatic N) is 1. The van der Waals surface area contributed by atoms with Gasteiger partial charge in [-0.3, -0.25) is 4.79 Å². The van der Waals surface area contributed by atoms with Gasteiger partial charge in [0.05, 0.1) is 23.9 Å². The Morgan fingerprint density at radius 3 is 2.74 bits per heavy atom. The van der Waals surface area contributed by atoms with Crippen LogP contribution in [0.1, 0.15) is 25.7 Å². The van der Waals surface area contributed by atoms with Crippen LogP contribution in [0.3, 0.4) is 0 Å². The topological polar surface area (TPSA) is 41.6 Å². The molecule has 4 nitrogen and oxygen atoms in total. The SMILES string of the molecule is COc1ccc2c(c1)N(C)CC1(CCCC1)C(=O)N2. The van der Waals surface area contributed by atoms with Crippen LogP contribution in [0.25, 0.3) is 0 Å². The number of hydrogen-bond acceptors (Lipinski definition) is 3. The van der Waals surface area contributed by atoms with Gasteiger partial charge in [-0.1, -0.05) is 12.8 Å². The van der Waals surface area contributed by atoms with Crippen LogP contribution in [0.4, 0.5) is 11.4 Å². The van der Waals surface area contributed by atoms with Crippen LogP contribution >= 0.6 is 0 Å². The molecule has 1 heterocycles. The first kappa shape index (κ1) is 12.3. The minimum atomic E-state index is -0.207. The van der Waals surface area contributed by atoms with Crippen LogP contribution in [0.15, 0.2) is 18.2 Å². The van der Waals surface area contributed by atoms with Crippen LogP contribution in [0.5, 0.6) is 5.75 Å². The predicted octanol–water partition coefficient (Wildman–Crippen LogP) is 2.64. The Kier molecular flexibility index (Phi) is 2.88. The standard InChI is InChI=1S/C15H20N2O2/c1-17-10-15(7-3-4-8-15)14(18)16-12-6-5-11(19-2)9-13(12)17/h5-6,9H,3-4,7-8,10H2,1-2H3,(H,16,18). The molecular formula is C15H20N2O2. The first-order valence-electron chi connectivity index (χ1n) is 6.85. The normalized spacial score (nSPS) is 20.9. The number of methoxy groups -OCH3 is 1. The molecule has 1 aliphatic heterocycles. The number of anilines is 2. The number of benzene rings is 1. The molecule has 0 bridgehead atoms. The average Bonchev–Trinajstić information content (AvgIpc) is 2.85. The minimum Gasteiger partial charge on any atom is -0.497 e. The molecule has 1 aliphatic carbocycles. The lowest BCUT2D eigenvalue weighted by Crippen LogP contribution is -2.40. The third-order valence-corrected chi connectivity index (χ3v) is 4.45. The smallest absolute Gasteiger partial charge is 0.232 e. The fraction of sp³-hybridized carbons (Fsp3) is 0.533. The summed E-state index contributed by atoms with van der Waals surface area (Å²) in [5.74, 6) is 1.00. The van der Waals surface area contributed by atoms with Crippen molar-refractivity contribution >= 4 is 17.3 Å². The van der Waals surface area contributed by atoms with Crippen molar-refractivity contribution in [2.75, 3.05) is 30.9 Å². The second-order valence-corrected chi connectivity index (χ2v) is 5.68. The van der Waals surface area contributed by atoms with Crippen LogP contribution in [-0.2, 0) is 4.79 Å². The summed E-state index contributed by atoms with van der Waals surface area (Å²) in [5.41, 5.74) is 1.72. The summed E-state index contributed by atoms with van der Waals surface area (Å²) in [5, 5.41) is 3.10. The van der Waals surface area contributed by atoms with E-state index in [9.17, 15) is 4.79 Å². The van der Waals surface area contributed by atoms with E-state index >= 15 is 0 Å². The van der Waals surface area contributed by atoms with Gasteiger partial charge in [0.1, 0.15) is 5.75 Å². The fourth-order valence-electron chi connectivity index (χ4n) is 3.36. The maximum absolute atomic E-state index is 12.5. The van der Waals surface area contributed by atoms with E-state index in [1.54, 1.807) is 7.11 Å². The van der Waals surface area contributed by atoms with E-state index in [-0.39, 0.29) is 11.3 Å². The number of rotatable bonds is 1. The highest BCUT2D eigenvalue weighted by atomic mass is 16.5. The number of hydrogen-bond donors (Lipinski definition) is 1. The van der Waals surface area contributed by atoms with Crippen molar-refractivity contribution in [3.63, 3.8) is 0 Å². The van der Waals surface area contributed by atoms with Gasteiger partial charge >= 0.3 is 0 Å². The zero-order chi connectivity index (χ0) is 13.5. The highest BCUT2D eigenvalue weighted by Gasteiger charge is 2.44. The van der Waals surface area contributed by atoms with Crippen molar-refractivity contribution in [2.24, 2.45) is 5.41 Å². The van der Waals surface area contributed by atoms with E-state index in [1.807, 2.05) is 18.2 Å². The lowest BCUT2D eigenvalue weighted by atomic mass is 9.85. The largest absolute Gasteiger partial charge is 0.497 e. The number of nitrogens with one attached hydrogen (secondary N) is 1. The molecule has 1 aromatic carbocycles. The summed E-state index contributed by atoms with van der Waals surface area (Å²) in [4.78, 5) is 14.7. The van der Waals surface area contributed by atoms with Crippen molar-refractivity contribution in [3.05, 3.63) is 18.2 Å². The molecule has 2 aliphatic rings. The Balaban J connectivity index is 2.00. The Hall–Kier alpha value is -1.71. The van der Waals surface area contributed by atoms with Gasteiger partial charge in [-0.2, -0.15) is 0 Å². The summed E-state index contributed by atoms with van der Waals surface area (Å²) >= 11 is 0. The molecule has 1 saturated carbocycles. The van der Waals surface area contributed by atoms with Crippen molar-refractivity contribution in [1.82, 2.24) is 0 Å². The van der Waals surface area contributed by atoms with Crippen molar-refractivity contribution < 1.29 is 9.53 Å². The van der Waals surface area contributed by atoms with Crippen molar-refractivity contribution in [1.29, 1.82) is 0 Å². The second-order valence-electron chi connectivity index (χ2n) is 5.68. The molecule has 0 saturated heterocycles. The Morgan fingerprint density at radius 1 is 1.32 bits per heavy atom. The minimum absolute atomic E-state index is 0.181. The maximum Gasteiger partial charge on any atom is 0.232 e. The molecule has 0 aromatic heterocycles. The first-order valence-corrected chi connectivity index (χ1v) is 6.85. The maximum atomic E-state index is 12.5. The molecule has 1 spiro atoms. The fourth-order valence-corrected chi connectivity index (χ4v) is 3.36. The molecule has 1 N–H and O–H groups in total. The van der Waals surface area contributed by atoms with E-state index in [0.717, 1.165) is 49.4 Å². The molecule has 1 fully saturated rings. The highest BCUT2D eigenvalue weighted by Crippen LogP contribution is 2.44. The lowest BCUT2D eigenvalue weighted by molar-refractivity contribution is -0.124. The number of fused-ring (bicyclic) bond motifs is 1. The van der Waals surface area contributed by atoms with E-state index in [1.165, 1.54) is 0 Å². The van der Waals surface area contributed by atoms with Gasteiger partial charge in [0.15, 0.2) is 0 Å². The monoisotopic (exact) mass is 260 g/mol. The molecule has 0 atom stereocenters. The van der Waals surface area contributed by atoms with Gasteiger partial charge < -0.3 is 15.0 Å². The van der Waals surface area contributed by atoms with Gasteiger partial charge in [-0.05, 0) is 25.0 Å². The second kappa shape index (κ2) is 4.44. The van der Waals surface area contributed by atoms with Gasteiger partial charge in [0.2, 0.25) is 5.91 Å². The predicted molar refractivity (Wildman–Crippen MR) is 75.8 cm³/mol. The molecule has 0 unspecified atom stereocenters. The molecule has 1 aromatic rings. The van der Waals surface area contributed by atoms with Crippen molar-refractivity contribution in [2.45, 2.75) is 25.7 Å². The van der Waals surface area contributed by atoms with Gasteiger partial charge in [-0.25, -0.2) is 0 Å². The molecule has 0 radical (unpaired) electrons. The molecule has 19 heavy (non-hydrogen) atoms. The van der Waals surface area contributed by atoms with E-state index < -0.39 is 0 Å². The zero-order valence-electron chi connectivity index (χ0n) is 11.5.